The van der Waals surface area contributed by atoms with Crippen LogP contribution in [0.3, 0.4) is 0 Å². The van der Waals surface area contributed by atoms with Crippen molar-refractivity contribution in [3.8, 4) is 0 Å². The van der Waals surface area contributed by atoms with E-state index in [4.69, 9.17) is 4.74 Å². The van der Waals surface area contributed by atoms with Crippen molar-refractivity contribution < 1.29 is 9.84 Å². The molecule has 0 spiro atoms. The summed E-state index contributed by atoms with van der Waals surface area (Å²) in [6.45, 7) is 9.16. The predicted octanol–water partition coefficient (Wildman–Crippen LogP) is 0.959. The molecule has 7 nitrogen and oxygen atoms in total. The number of hydrogen-bond donors (Lipinski definition) is 2. The molecule has 7 heteroatoms. The van der Waals surface area contributed by atoms with Crippen molar-refractivity contribution in [2.75, 3.05) is 49.5 Å². The van der Waals surface area contributed by atoms with Crippen LogP contribution in [0.1, 0.15) is 26.7 Å². The number of morpholine rings is 1. The van der Waals surface area contributed by atoms with Crippen LogP contribution in [0.2, 0.25) is 0 Å². The van der Waals surface area contributed by atoms with E-state index in [9.17, 15) is 5.11 Å². The van der Waals surface area contributed by atoms with Crippen molar-refractivity contribution in [2.45, 2.75) is 44.9 Å². The van der Waals surface area contributed by atoms with Crippen LogP contribution < -0.4 is 10.2 Å². The molecule has 3 rings (SSSR count). The van der Waals surface area contributed by atoms with Gasteiger partial charge in [0.2, 0.25) is 0 Å². The Bertz CT molecular complexity index is 519. The summed E-state index contributed by atoms with van der Waals surface area (Å²) < 4.78 is 5.77. The Balaban J connectivity index is 1.51. The molecule has 134 valence electrons. The highest BCUT2D eigenvalue weighted by atomic mass is 16.5. The first kappa shape index (κ1) is 17.4. The van der Waals surface area contributed by atoms with E-state index >= 15 is 0 Å². The summed E-state index contributed by atoms with van der Waals surface area (Å²) in [5.41, 5.74) is 0. The maximum Gasteiger partial charge on any atom is 0.134 e. The normalized spacial score (nSPS) is 28.3. The molecule has 24 heavy (non-hydrogen) atoms. The highest BCUT2D eigenvalue weighted by molar-refractivity contribution is 5.49. The average molecular weight is 335 g/mol. The minimum Gasteiger partial charge on any atom is -0.394 e. The van der Waals surface area contributed by atoms with Gasteiger partial charge in [-0.25, -0.2) is 9.97 Å². The van der Waals surface area contributed by atoms with E-state index in [2.05, 4.69) is 38.9 Å². The van der Waals surface area contributed by atoms with Gasteiger partial charge in [0.05, 0.1) is 24.9 Å². The van der Waals surface area contributed by atoms with Crippen LogP contribution in [0.4, 0.5) is 11.6 Å². The van der Waals surface area contributed by atoms with Gasteiger partial charge in [-0.2, -0.15) is 0 Å². The number of aromatic nitrogens is 2. The molecule has 0 saturated carbocycles. The topological polar surface area (TPSA) is 73.8 Å². The molecule has 1 aromatic heterocycles. The van der Waals surface area contributed by atoms with Gasteiger partial charge in [-0.15, -0.1) is 0 Å². The molecule has 2 fully saturated rings. The fourth-order valence-electron chi connectivity index (χ4n) is 3.74. The van der Waals surface area contributed by atoms with Crippen molar-refractivity contribution in [3.63, 3.8) is 0 Å². The Morgan fingerprint density at radius 2 is 2.08 bits per heavy atom. The Morgan fingerprint density at radius 1 is 1.29 bits per heavy atom. The molecule has 0 aromatic carbocycles. The van der Waals surface area contributed by atoms with Crippen LogP contribution >= 0.6 is 0 Å². The first-order valence-electron chi connectivity index (χ1n) is 8.97. The summed E-state index contributed by atoms with van der Waals surface area (Å²) in [6, 6.07) is 2.17. The van der Waals surface area contributed by atoms with Crippen LogP contribution in [0, 0.1) is 0 Å². The summed E-state index contributed by atoms with van der Waals surface area (Å²) >= 11 is 0. The Morgan fingerprint density at radius 3 is 2.83 bits per heavy atom. The molecule has 0 radical (unpaired) electrons. The van der Waals surface area contributed by atoms with Gasteiger partial charge >= 0.3 is 0 Å². The van der Waals surface area contributed by atoms with Gasteiger partial charge in [0, 0.05) is 38.8 Å². The molecule has 2 aliphatic rings. The van der Waals surface area contributed by atoms with Gasteiger partial charge in [0.25, 0.3) is 0 Å². The van der Waals surface area contributed by atoms with Crippen LogP contribution in [0.15, 0.2) is 12.4 Å². The third kappa shape index (κ3) is 4.34. The molecule has 0 aliphatic carbocycles. The Labute approximate surface area is 144 Å². The number of nitrogens with one attached hydrogen (secondary N) is 1. The van der Waals surface area contributed by atoms with Crippen LogP contribution in [0.25, 0.3) is 0 Å². The van der Waals surface area contributed by atoms with E-state index in [-0.39, 0.29) is 12.6 Å². The van der Waals surface area contributed by atoms with E-state index < -0.39 is 0 Å². The van der Waals surface area contributed by atoms with Crippen molar-refractivity contribution in [1.82, 2.24) is 14.9 Å². The van der Waals surface area contributed by atoms with E-state index in [0.717, 1.165) is 57.2 Å². The second-order valence-corrected chi connectivity index (χ2v) is 6.88. The minimum absolute atomic E-state index is 0.181. The van der Waals surface area contributed by atoms with Crippen molar-refractivity contribution >= 4 is 11.6 Å². The van der Waals surface area contributed by atoms with Gasteiger partial charge in [0.15, 0.2) is 0 Å². The third-order valence-corrected chi connectivity index (χ3v) is 4.76. The van der Waals surface area contributed by atoms with Crippen LogP contribution in [-0.4, -0.2) is 77.6 Å². The number of aliphatic hydroxyl groups is 1. The lowest BCUT2D eigenvalue weighted by atomic mass is 10.2. The van der Waals surface area contributed by atoms with Crippen molar-refractivity contribution in [3.05, 3.63) is 12.4 Å². The summed E-state index contributed by atoms with van der Waals surface area (Å²) in [7, 11) is 0. The van der Waals surface area contributed by atoms with Crippen LogP contribution in [0.5, 0.6) is 0 Å². The molecule has 0 amide bonds. The van der Waals surface area contributed by atoms with Gasteiger partial charge in [0.1, 0.15) is 18.0 Å². The maximum atomic E-state index is 9.48. The number of anilines is 2. The van der Waals surface area contributed by atoms with Gasteiger partial charge < -0.3 is 20.1 Å². The smallest absolute Gasteiger partial charge is 0.134 e. The zero-order valence-corrected chi connectivity index (χ0v) is 14.7. The number of aliphatic hydroxyl groups excluding tert-OH is 1. The fourth-order valence-corrected chi connectivity index (χ4v) is 3.74. The van der Waals surface area contributed by atoms with Crippen molar-refractivity contribution in [2.24, 2.45) is 0 Å². The number of nitrogens with zero attached hydrogens (tertiary/aromatic N) is 4. The molecule has 2 aliphatic heterocycles. The first-order valence-corrected chi connectivity index (χ1v) is 8.97. The minimum atomic E-state index is 0.181. The van der Waals surface area contributed by atoms with E-state index in [1.165, 1.54) is 0 Å². The summed E-state index contributed by atoms with van der Waals surface area (Å²) in [6.07, 6.45) is 4.32. The molecule has 0 bridgehead atoms. The summed E-state index contributed by atoms with van der Waals surface area (Å²) in [5, 5.41) is 12.9. The molecule has 2 saturated heterocycles. The predicted molar refractivity (Wildman–Crippen MR) is 94.4 cm³/mol. The van der Waals surface area contributed by atoms with Gasteiger partial charge in [-0.1, -0.05) is 0 Å². The summed E-state index contributed by atoms with van der Waals surface area (Å²) in [5.74, 6) is 1.75. The molecule has 3 atom stereocenters. The Hall–Kier alpha value is -1.44. The second kappa shape index (κ2) is 8.09. The monoisotopic (exact) mass is 335 g/mol. The van der Waals surface area contributed by atoms with E-state index in [0.29, 0.717) is 12.2 Å². The molecular formula is C17H29N5O2. The number of ether oxygens (including phenoxy) is 1. The highest BCUT2D eigenvalue weighted by Gasteiger charge is 2.25. The second-order valence-electron chi connectivity index (χ2n) is 6.88. The molecule has 3 heterocycles. The molecular weight excluding hydrogens is 306 g/mol. The summed E-state index contributed by atoms with van der Waals surface area (Å²) in [4.78, 5) is 13.3. The van der Waals surface area contributed by atoms with Gasteiger partial charge in [-0.3, -0.25) is 4.90 Å². The third-order valence-electron chi connectivity index (χ3n) is 4.76. The first-order chi connectivity index (χ1) is 11.7. The molecule has 0 unspecified atom stereocenters. The largest absolute Gasteiger partial charge is 0.394 e. The quantitative estimate of drug-likeness (QED) is 0.802. The zero-order valence-electron chi connectivity index (χ0n) is 14.7. The van der Waals surface area contributed by atoms with Crippen LogP contribution in [-0.2, 0) is 4.74 Å². The highest BCUT2D eigenvalue weighted by Crippen LogP contribution is 2.24. The molecule has 1 aromatic rings. The van der Waals surface area contributed by atoms with E-state index in [1.807, 2.05) is 6.07 Å². The van der Waals surface area contributed by atoms with Gasteiger partial charge in [-0.05, 0) is 26.7 Å². The zero-order chi connectivity index (χ0) is 16.9. The Kier molecular flexibility index (Phi) is 5.86. The lowest BCUT2D eigenvalue weighted by Gasteiger charge is -2.35. The number of rotatable bonds is 6. The lowest BCUT2D eigenvalue weighted by Crippen LogP contribution is -2.46. The SMILES string of the molecule is C[C@@H]1CN(CCNc2cc(N3CCC[C@H]3CO)ncn2)C[C@@H](C)O1. The van der Waals surface area contributed by atoms with E-state index in [1.54, 1.807) is 6.33 Å². The lowest BCUT2D eigenvalue weighted by molar-refractivity contribution is -0.0667. The fraction of sp³-hybridized carbons (Fsp3) is 0.765. The number of hydrogen-bond acceptors (Lipinski definition) is 7. The maximum absolute atomic E-state index is 9.48. The average Bonchev–Trinajstić information content (AvgIpc) is 3.03. The molecule has 2 N–H and O–H groups in total. The standard InChI is InChI=1S/C17H29N5O2/c1-13-9-21(10-14(2)24-13)7-5-18-16-8-17(20-12-19-16)22-6-3-4-15(22)11-23/h8,12-15,23H,3-7,9-11H2,1-2H3,(H,18,19,20)/t13-,14-,15+/m1/s1. The van der Waals surface area contributed by atoms with Crippen molar-refractivity contribution in [1.29, 1.82) is 0 Å².